The Morgan fingerprint density at radius 2 is 2.54 bits per heavy atom. The van der Waals surface area contributed by atoms with Crippen molar-refractivity contribution in [2.45, 2.75) is 25.4 Å². The zero-order valence-electron chi connectivity index (χ0n) is 7.90. The molecule has 0 bridgehead atoms. The van der Waals surface area contributed by atoms with Gasteiger partial charge in [0.1, 0.15) is 0 Å². The van der Waals surface area contributed by atoms with Crippen LogP contribution >= 0.6 is 0 Å². The summed E-state index contributed by atoms with van der Waals surface area (Å²) in [5.41, 5.74) is 7.22. The quantitative estimate of drug-likeness (QED) is 0.669. The van der Waals surface area contributed by atoms with E-state index >= 15 is 0 Å². The summed E-state index contributed by atoms with van der Waals surface area (Å²) in [6.45, 7) is 3.96. The summed E-state index contributed by atoms with van der Waals surface area (Å²) in [5.74, 6) is 0. The Labute approximate surface area is 78.1 Å². The average molecular weight is 180 g/mol. The van der Waals surface area contributed by atoms with Gasteiger partial charge in [-0.05, 0) is 12.0 Å². The maximum absolute atomic E-state index is 5.94. The molecular weight excluding hydrogens is 164 g/mol. The van der Waals surface area contributed by atoms with Gasteiger partial charge in [0.15, 0.2) is 0 Å². The normalized spacial score (nSPS) is 28.2. The van der Waals surface area contributed by atoms with E-state index in [1.165, 1.54) is 5.56 Å². The second-order valence-corrected chi connectivity index (χ2v) is 3.57. The van der Waals surface area contributed by atoms with Crippen LogP contribution in [0.3, 0.4) is 0 Å². The van der Waals surface area contributed by atoms with E-state index in [2.05, 4.69) is 23.5 Å². The highest BCUT2D eigenvalue weighted by Crippen LogP contribution is 2.13. The number of nitrogens with two attached hydrogens (primary N) is 1. The van der Waals surface area contributed by atoms with E-state index < -0.39 is 0 Å². The molecule has 3 N–H and O–H groups in total. The van der Waals surface area contributed by atoms with Gasteiger partial charge in [0.2, 0.25) is 0 Å². The minimum absolute atomic E-state index is 0.199. The lowest BCUT2D eigenvalue weighted by atomic mass is 10.2. The molecule has 0 amide bonds. The van der Waals surface area contributed by atoms with E-state index in [9.17, 15) is 0 Å². The van der Waals surface area contributed by atoms with E-state index in [0.717, 1.165) is 19.5 Å². The van der Waals surface area contributed by atoms with Crippen molar-refractivity contribution in [1.82, 2.24) is 15.1 Å². The molecule has 2 rings (SSSR count). The fraction of sp³-hybridized carbons (Fsp3) is 0.667. The summed E-state index contributed by atoms with van der Waals surface area (Å²) >= 11 is 0. The monoisotopic (exact) mass is 180 g/mol. The van der Waals surface area contributed by atoms with Crippen LogP contribution in [0.2, 0.25) is 0 Å². The van der Waals surface area contributed by atoms with E-state index in [1.54, 1.807) is 0 Å². The van der Waals surface area contributed by atoms with E-state index in [4.69, 9.17) is 5.73 Å². The molecule has 1 aromatic rings. The van der Waals surface area contributed by atoms with Gasteiger partial charge in [0.05, 0.1) is 12.2 Å². The molecule has 2 atom stereocenters. The van der Waals surface area contributed by atoms with Gasteiger partial charge in [-0.1, -0.05) is 6.92 Å². The largest absolute Gasteiger partial charge is 0.325 e. The maximum atomic E-state index is 5.94. The topological polar surface area (TPSA) is 55.9 Å². The summed E-state index contributed by atoms with van der Waals surface area (Å²) in [5, 5.41) is 7.58. The summed E-state index contributed by atoms with van der Waals surface area (Å²) in [6.07, 6.45) is 5.05. The predicted octanol–water partition coefficient (Wildman–Crippen LogP) is -0.0829. The molecule has 0 spiro atoms. The third-order valence-electron chi connectivity index (χ3n) is 2.63. The van der Waals surface area contributed by atoms with Crippen LogP contribution in [0.25, 0.3) is 0 Å². The van der Waals surface area contributed by atoms with Crippen molar-refractivity contribution in [2.75, 3.05) is 13.1 Å². The summed E-state index contributed by atoms with van der Waals surface area (Å²) < 4.78 is 1.99. The van der Waals surface area contributed by atoms with Gasteiger partial charge in [0.25, 0.3) is 0 Å². The van der Waals surface area contributed by atoms with Crippen LogP contribution in [0.15, 0.2) is 12.4 Å². The van der Waals surface area contributed by atoms with Crippen LogP contribution in [0, 0.1) is 0 Å². The molecule has 4 heteroatoms. The molecule has 1 aliphatic rings. The molecular formula is C9H16N4. The Kier molecular flexibility index (Phi) is 2.33. The molecule has 2 heterocycles. The van der Waals surface area contributed by atoms with Gasteiger partial charge in [-0.15, -0.1) is 0 Å². The average Bonchev–Trinajstić information content (AvgIpc) is 2.71. The first-order chi connectivity index (χ1) is 6.31. The molecule has 1 aliphatic heterocycles. The first kappa shape index (κ1) is 8.72. The second kappa shape index (κ2) is 3.47. The number of aryl methyl sites for hydroxylation is 1. The molecule has 4 nitrogen and oxygen atoms in total. The van der Waals surface area contributed by atoms with Crippen LogP contribution in [0.4, 0.5) is 0 Å². The van der Waals surface area contributed by atoms with Crippen molar-refractivity contribution >= 4 is 0 Å². The van der Waals surface area contributed by atoms with Gasteiger partial charge >= 0.3 is 0 Å². The number of nitrogens with one attached hydrogen (secondary N) is 1. The fourth-order valence-electron chi connectivity index (χ4n) is 1.72. The molecule has 72 valence electrons. The zero-order valence-corrected chi connectivity index (χ0v) is 7.90. The predicted molar refractivity (Wildman–Crippen MR) is 51.5 cm³/mol. The number of rotatable bonds is 2. The van der Waals surface area contributed by atoms with Crippen LogP contribution in [0.1, 0.15) is 18.5 Å². The third-order valence-corrected chi connectivity index (χ3v) is 2.63. The van der Waals surface area contributed by atoms with Gasteiger partial charge in [-0.2, -0.15) is 5.10 Å². The van der Waals surface area contributed by atoms with E-state index in [0.29, 0.717) is 6.04 Å². The molecule has 13 heavy (non-hydrogen) atoms. The molecule has 0 saturated carbocycles. The molecule has 1 fully saturated rings. The SMILES string of the molecule is CCc1cnn([C@H]2CNCC2N)c1. The first-order valence-corrected chi connectivity index (χ1v) is 4.80. The second-order valence-electron chi connectivity index (χ2n) is 3.57. The number of nitrogens with zero attached hydrogens (tertiary/aromatic N) is 2. The van der Waals surface area contributed by atoms with Crippen molar-refractivity contribution in [2.24, 2.45) is 5.73 Å². The van der Waals surface area contributed by atoms with Crippen LogP contribution in [-0.2, 0) is 6.42 Å². The van der Waals surface area contributed by atoms with Crippen molar-refractivity contribution in [3.05, 3.63) is 18.0 Å². The van der Waals surface area contributed by atoms with Gasteiger partial charge in [-0.25, -0.2) is 0 Å². The smallest absolute Gasteiger partial charge is 0.0806 e. The summed E-state index contributed by atoms with van der Waals surface area (Å²) in [6, 6.07) is 0.532. The van der Waals surface area contributed by atoms with Gasteiger partial charge in [0, 0.05) is 25.3 Å². The van der Waals surface area contributed by atoms with Gasteiger partial charge < -0.3 is 11.1 Å². The Balaban J connectivity index is 2.15. The fourth-order valence-corrected chi connectivity index (χ4v) is 1.72. The molecule has 1 saturated heterocycles. The first-order valence-electron chi connectivity index (χ1n) is 4.80. The van der Waals surface area contributed by atoms with Crippen molar-refractivity contribution in [3.63, 3.8) is 0 Å². The maximum Gasteiger partial charge on any atom is 0.0806 e. The molecule has 0 radical (unpaired) electrons. The molecule has 1 aromatic heterocycles. The lowest BCUT2D eigenvalue weighted by molar-refractivity contribution is 0.446. The lowest BCUT2D eigenvalue weighted by Crippen LogP contribution is -2.31. The van der Waals surface area contributed by atoms with Crippen molar-refractivity contribution < 1.29 is 0 Å². The third kappa shape index (κ3) is 1.59. The molecule has 0 aliphatic carbocycles. The number of aromatic nitrogens is 2. The minimum atomic E-state index is 0.199. The Bertz CT molecular complexity index is 281. The summed E-state index contributed by atoms with van der Waals surface area (Å²) in [4.78, 5) is 0. The molecule has 1 unspecified atom stereocenters. The van der Waals surface area contributed by atoms with Crippen LogP contribution in [0.5, 0.6) is 0 Å². The van der Waals surface area contributed by atoms with E-state index in [-0.39, 0.29) is 6.04 Å². The number of hydrogen-bond donors (Lipinski definition) is 2. The Morgan fingerprint density at radius 1 is 1.69 bits per heavy atom. The van der Waals surface area contributed by atoms with Crippen molar-refractivity contribution in [3.8, 4) is 0 Å². The summed E-state index contributed by atoms with van der Waals surface area (Å²) in [7, 11) is 0. The van der Waals surface area contributed by atoms with E-state index in [1.807, 2.05) is 10.9 Å². The highest BCUT2D eigenvalue weighted by Gasteiger charge is 2.25. The molecule has 0 aromatic carbocycles. The Hall–Kier alpha value is -0.870. The highest BCUT2D eigenvalue weighted by molar-refractivity contribution is 5.05. The standard InChI is InChI=1S/C9H16N4/c1-2-7-3-12-13(6-7)9-5-11-4-8(9)10/h3,6,8-9,11H,2,4-5,10H2,1H3/t8?,9-/m0/s1. The number of hydrogen-bond acceptors (Lipinski definition) is 3. The van der Waals surface area contributed by atoms with Gasteiger partial charge in [-0.3, -0.25) is 4.68 Å². The van der Waals surface area contributed by atoms with Crippen LogP contribution < -0.4 is 11.1 Å². The lowest BCUT2D eigenvalue weighted by Gasteiger charge is -2.14. The van der Waals surface area contributed by atoms with Crippen molar-refractivity contribution in [1.29, 1.82) is 0 Å². The van der Waals surface area contributed by atoms with Crippen LogP contribution in [-0.4, -0.2) is 28.9 Å². The zero-order chi connectivity index (χ0) is 9.26. The highest BCUT2D eigenvalue weighted by atomic mass is 15.3. The Morgan fingerprint density at radius 3 is 3.08 bits per heavy atom. The minimum Gasteiger partial charge on any atom is -0.325 e.